The van der Waals surface area contributed by atoms with Gasteiger partial charge in [-0.3, -0.25) is 9.59 Å². The molecule has 0 aromatic heterocycles. The summed E-state index contributed by atoms with van der Waals surface area (Å²) < 4.78 is 10.5. The van der Waals surface area contributed by atoms with Crippen molar-refractivity contribution >= 4 is 11.9 Å². The van der Waals surface area contributed by atoms with Crippen LogP contribution in [0, 0.1) is 28.6 Å². The molecule has 2 aliphatic carbocycles. The van der Waals surface area contributed by atoms with Crippen molar-refractivity contribution in [1.82, 2.24) is 0 Å². The Hall–Kier alpha value is -1.10. The van der Waals surface area contributed by atoms with Gasteiger partial charge in [-0.2, -0.15) is 0 Å². The molecule has 28 heavy (non-hydrogen) atoms. The summed E-state index contributed by atoms with van der Waals surface area (Å²) in [7, 11) is 1.43. The van der Waals surface area contributed by atoms with Crippen LogP contribution in [0.3, 0.4) is 0 Å². The van der Waals surface area contributed by atoms with Gasteiger partial charge in [-0.25, -0.2) is 0 Å². The zero-order chi connectivity index (χ0) is 21.3. The monoisotopic (exact) mass is 396 g/mol. The zero-order valence-electron chi connectivity index (χ0n) is 18.8. The SMILES string of the molecule is COC(=O)CC(C)CCC1C(C)(O)CCC2C(C)(C)C(OC(C)=O)CCC12C. The maximum atomic E-state index is 11.6. The lowest BCUT2D eigenvalue weighted by molar-refractivity contribution is -0.207. The molecule has 0 heterocycles. The van der Waals surface area contributed by atoms with Crippen LogP contribution in [-0.2, 0) is 19.1 Å². The number of carbonyl (C=O) groups excluding carboxylic acids is 2. The lowest BCUT2D eigenvalue weighted by Crippen LogP contribution is -2.61. The van der Waals surface area contributed by atoms with E-state index in [1.54, 1.807) is 0 Å². The number of hydrogen-bond donors (Lipinski definition) is 1. The van der Waals surface area contributed by atoms with E-state index in [9.17, 15) is 14.7 Å². The number of hydrogen-bond acceptors (Lipinski definition) is 5. The van der Waals surface area contributed by atoms with Gasteiger partial charge in [0.1, 0.15) is 6.10 Å². The van der Waals surface area contributed by atoms with E-state index in [2.05, 4.69) is 27.7 Å². The topological polar surface area (TPSA) is 72.8 Å². The molecule has 2 saturated carbocycles. The molecule has 5 nitrogen and oxygen atoms in total. The third-order valence-electron chi connectivity index (χ3n) is 7.95. The van der Waals surface area contributed by atoms with Gasteiger partial charge in [-0.15, -0.1) is 0 Å². The Kier molecular flexibility index (Phi) is 6.90. The summed E-state index contributed by atoms with van der Waals surface area (Å²) in [5, 5.41) is 11.3. The Balaban J connectivity index is 2.20. The third-order valence-corrected chi connectivity index (χ3v) is 7.95. The lowest BCUT2D eigenvalue weighted by atomic mass is 9.44. The predicted molar refractivity (Wildman–Crippen MR) is 109 cm³/mol. The maximum Gasteiger partial charge on any atom is 0.305 e. The summed E-state index contributed by atoms with van der Waals surface area (Å²) in [6.45, 7) is 12.3. The van der Waals surface area contributed by atoms with Gasteiger partial charge in [0.15, 0.2) is 0 Å². The van der Waals surface area contributed by atoms with Crippen molar-refractivity contribution in [2.45, 2.75) is 98.2 Å². The molecule has 6 atom stereocenters. The number of fused-ring (bicyclic) bond motifs is 1. The first kappa shape index (κ1) is 23.2. The number of ether oxygens (including phenoxy) is 2. The lowest BCUT2D eigenvalue weighted by Gasteiger charge is -2.62. The van der Waals surface area contributed by atoms with Gasteiger partial charge in [0.2, 0.25) is 0 Å². The Labute approximate surface area is 170 Å². The highest BCUT2D eigenvalue weighted by molar-refractivity contribution is 5.69. The molecule has 1 N–H and O–H groups in total. The molecule has 0 aromatic rings. The number of methoxy groups -OCH3 is 1. The number of carbonyl (C=O) groups is 2. The van der Waals surface area contributed by atoms with Gasteiger partial charge in [-0.05, 0) is 68.6 Å². The van der Waals surface area contributed by atoms with Crippen LogP contribution in [0.25, 0.3) is 0 Å². The fraction of sp³-hybridized carbons (Fsp3) is 0.913. The van der Waals surface area contributed by atoms with Gasteiger partial charge in [0.25, 0.3) is 0 Å². The molecule has 162 valence electrons. The van der Waals surface area contributed by atoms with Crippen LogP contribution < -0.4 is 0 Å². The molecule has 2 fully saturated rings. The van der Waals surface area contributed by atoms with E-state index < -0.39 is 5.60 Å². The smallest absolute Gasteiger partial charge is 0.305 e. The third kappa shape index (κ3) is 4.55. The van der Waals surface area contributed by atoms with E-state index >= 15 is 0 Å². The minimum Gasteiger partial charge on any atom is -0.469 e. The van der Waals surface area contributed by atoms with Crippen molar-refractivity contribution in [3.8, 4) is 0 Å². The fourth-order valence-corrected chi connectivity index (χ4v) is 6.48. The molecule has 0 amide bonds. The molecular formula is C23H40O5. The number of esters is 2. The average molecular weight is 397 g/mol. The van der Waals surface area contributed by atoms with Crippen LogP contribution >= 0.6 is 0 Å². The van der Waals surface area contributed by atoms with Gasteiger partial charge in [-0.1, -0.05) is 27.7 Å². The Bertz CT molecular complexity index is 582. The first-order valence-electron chi connectivity index (χ1n) is 10.8. The highest BCUT2D eigenvalue weighted by Crippen LogP contribution is 2.63. The minimum absolute atomic E-state index is 0.00706. The molecule has 0 spiro atoms. The molecule has 0 radical (unpaired) electrons. The predicted octanol–water partition coefficient (Wildman–Crippen LogP) is 4.50. The van der Waals surface area contributed by atoms with E-state index in [0.29, 0.717) is 12.3 Å². The average Bonchev–Trinajstić information content (AvgIpc) is 2.56. The van der Waals surface area contributed by atoms with Crippen molar-refractivity contribution in [1.29, 1.82) is 0 Å². The molecule has 0 saturated heterocycles. The standard InChI is InChI=1S/C23H40O5/c1-15(14-20(25)27-7)8-9-18-22(5)12-11-19(28-16(2)24)21(3,4)17(22)10-13-23(18,6)26/h15,17-19,26H,8-14H2,1-7H3. The van der Waals surface area contributed by atoms with Crippen molar-refractivity contribution in [3.63, 3.8) is 0 Å². The van der Waals surface area contributed by atoms with Gasteiger partial charge < -0.3 is 14.6 Å². The van der Waals surface area contributed by atoms with Crippen LogP contribution in [0.2, 0.25) is 0 Å². The molecule has 6 unspecified atom stereocenters. The highest BCUT2D eigenvalue weighted by Gasteiger charge is 2.60. The first-order valence-corrected chi connectivity index (χ1v) is 10.8. The quantitative estimate of drug-likeness (QED) is 0.669. The summed E-state index contributed by atoms with van der Waals surface area (Å²) in [5.41, 5.74) is -0.835. The number of rotatable bonds is 6. The zero-order valence-corrected chi connectivity index (χ0v) is 18.8. The summed E-state index contributed by atoms with van der Waals surface area (Å²) >= 11 is 0. The van der Waals surface area contributed by atoms with Crippen LogP contribution in [0.4, 0.5) is 0 Å². The maximum absolute atomic E-state index is 11.6. The van der Waals surface area contributed by atoms with Crippen molar-refractivity contribution in [3.05, 3.63) is 0 Å². The summed E-state index contributed by atoms with van der Waals surface area (Å²) in [6.07, 6.45) is 5.64. The van der Waals surface area contributed by atoms with Crippen molar-refractivity contribution < 1.29 is 24.2 Å². The molecule has 0 aromatic carbocycles. The van der Waals surface area contributed by atoms with Crippen LogP contribution in [0.5, 0.6) is 0 Å². The first-order chi connectivity index (χ1) is 12.8. The molecule has 2 rings (SSSR count). The van der Waals surface area contributed by atoms with Crippen molar-refractivity contribution in [2.24, 2.45) is 28.6 Å². The van der Waals surface area contributed by atoms with Crippen molar-refractivity contribution in [2.75, 3.05) is 7.11 Å². The van der Waals surface area contributed by atoms with Gasteiger partial charge in [0.05, 0.1) is 12.7 Å². The van der Waals surface area contributed by atoms with E-state index in [1.807, 2.05) is 6.92 Å². The van der Waals surface area contributed by atoms with E-state index in [-0.39, 0.29) is 40.7 Å². The Morgan fingerprint density at radius 3 is 2.36 bits per heavy atom. The van der Waals surface area contributed by atoms with Crippen LogP contribution in [-0.4, -0.2) is 35.9 Å². The van der Waals surface area contributed by atoms with E-state index in [0.717, 1.165) is 38.5 Å². The summed E-state index contributed by atoms with van der Waals surface area (Å²) in [6, 6.07) is 0. The van der Waals surface area contributed by atoms with E-state index in [1.165, 1.54) is 14.0 Å². The molecule has 2 aliphatic rings. The number of aliphatic hydroxyl groups is 1. The second kappa shape index (κ2) is 8.33. The second-order valence-electron chi connectivity index (χ2n) is 10.4. The minimum atomic E-state index is -0.708. The second-order valence-corrected chi connectivity index (χ2v) is 10.4. The summed E-state index contributed by atoms with van der Waals surface area (Å²) in [5.74, 6) is 0.404. The van der Waals surface area contributed by atoms with E-state index in [4.69, 9.17) is 9.47 Å². The highest BCUT2D eigenvalue weighted by atomic mass is 16.5. The molecule has 0 bridgehead atoms. The fourth-order valence-electron chi connectivity index (χ4n) is 6.48. The van der Waals surface area contributed by atoms with Crippen LogP contribution in [0.15, 0.2) is 0 Å². The molecular weight excluding hydrogens is 356 g/mol. The van der Waals surface area contributed by atoms with Crippen LogP contribution in [0.1, 0.15) is 86.5 Å². The normalized spacial score (nSPS) is 38.2. The Morgan fingerprint density at radius 2 is 1.79 bits per heavy atom. The van der Waals surface area contributed by atoms with Gasteiger partial charge in [0, 0.05) is 18.8 Å². The Morgan fingerprint density at radius 1 is 1.14 bits per heavy atom. The molecule has 0 aliphatic heterocycles. The largest absolute Gasteiger partial charge is 0.469 e. The summed E-state index contributed by atoms with van der Waals surface area (Å²) in [4.78, 5) is 23.2. The molecule has 5 heteroatoms. The van der Waals surface area contributed by atoms with Gasteiger partial charge >= 0.3 is 11.9 Å².